The third-order valence-corrected chi connectivity index (χ3v) is 2.06. The average Bonchev–Trinajstić information content (AvgIpc) is 2.13. The lowest BCUT2D eigenvalue weighted by Gasteiger charge is -2.13. The monoisotopic (exact) mass is 180 g/mol. The van der Waals surface area contributed by atoms with E-state index in [-0.39, 0.29) is 6.10 Å². The van der Waals surface area contributed by atoms with Crippen LogP contribution in [0.2, 0.25) is 0 Å². The van der Waals surface area contributed by atoms with Crippen LogP contribution in [0.3, 0.4) is 0 Å². The summed E-state index contributed by atoms with van der Waals surface area (Å²) in [5, 5.41) is 0. The molecule has 0 saturated carbocycles. The Kier molecular flexibility index (Phi) is 3.12. The molecule has 0 saturated heterocycles. The molecular formula is C10H16N2O. The van der Waals surface area contributed by atoms with Gasteiger partial charge in [0.2, 0.25) is 5.88 Å². The van der Waals surface area contributed by atoms with Crippen LogP contribution in [-0.4, -0.2) is 11.1 Å². The molecule has 3 heteroatoms. The van der Waals surface area contributed by atoms with Gasteiger partial charge in [-0.15, -0.1) is 0 Å². The first-order chi connectivity index (χ1) is 6.15. The molecule has 72 valence electrons. The van der Waals surface area contributed by atoms with Gasteiger partial charge in [-0.1, -0.05) is 6.92 Å². The van der Waals surface area contributed by atoms with Gasteiger partial charge in [0.15, 0.2) is 0 Å². The Hall–Kier alpha value is -1.25. The van der Waals surface area contributed by atoms with Crippen molar-refractivity contribution in [1.29, 1.82) is 0 Å². The van der Waals surface area contributed by atoms with Crippen LogP contribution in [0, 0.1) is 6.92 Å². The second kappa shape index (κ2) is 4.12. The Labute approximate surface area is 78.9 Å². The lowest BCUT2D eigenvalue weighted by atomic mass is 10.2. The lowest BCUT2D eigenvalue weighted by Crippen LogP contribution is -2.12. The third kappa shape index (κ3) is 2.34. The van der Waals surface area contributed by atoms with E-state index >= 15 is 0 Å². The SMILES string of the molecule is CCC(C)Oc1nccc(C)c1N. The lowest BCUT2D eigenvalue weighted by molar-refractivity contribution is 0.210. The number of aryl methyl sites for hydroxylation is 1. The van der Waals surface area contributed by atoms with Crippen LogP contribution >= 0.6 is 0 Å². The first-order valence-corrected chi connectivity index (χ1v) is 4.53. The maximum absolute atomic E-state index is 5.80. The van der Waals surface area contributed by atoms with E-state index in [9.17, 15) is 0 Å². The largest absolute Gasteiger partial charge is 0.473 e. The second-order valence-corrected chi connectivity index (χ2v) is 3.18. The van der Waals surface area contributed by atoms with E-state index in [1.807, 2.05) is 19.9 Å². The molecule has 0 spiro atoms. The summed E-state index contributed by atoms with van der Waals surface area (Å²) < 4.78 is 5.54. The van der Waals surface area contributed by atoms with E-state index in [2.05, 4.69) is 11.9 Å². The molecule has 1 aromatic heterocycles. The Morgan fingerprint density at radius 3 is 2.92 bits per heavy atom. The molecule has 13 heavy (non-hydrogen) atoms. The molecule has 1 heterocycles. The van der Waals surface area contributed by atoms with Crippen LogP contribution < -0.4 is 10.5 Å². The van der Waals surface area contributed by atoms with Crippen molar-refractivity contribution in [3.05, 3.63) is 17.8 Å². The van der Waals surface area contributed by atoms with Gasteiger partial charge in [0, 0.05) is 6.20 Å². The van der Waals surface area contributed by atoms with Gasteiger partial charge in [-0.2, -0.15) is 0 Å². The number of pyridine rings is 1. The van der Waals surface area contributed by atoms with Crippen molar-refractivity contribution in [2.45, 2.75) is 33.3 Å². The molecule has 0 fully saturated rings. The third-order valence-electron chi connectivity index (χ3n) is 2.06. The molecule has 0 radical (unpaired) electrons. The van der Waals surface area contributed by atoms with Gasteiger partial charge in [0.25, 0.3) is 0 Å². The predicted octanol–water partition coefficient (Wildman–Crippen LogP) is 2.15. The van der Waals surface area contributed by atoms with E-state index in [4.69, 9.17) is 10.5 Å². The van der Waals surface area contributed by atoms with E-state index in [1.54, 1.807) is 6.20 Å². The Balaban J connectivity index is 2.83. The molecular weight excluding hydrogens is 164 g/mol. The van der Waals surface area contributed by atoms with Crippen LogP contribution in [0.5, 0.6) is 5.88 Å². The number of hydrogen-bond acceptors (Lipinski definition) is 3. The topological polar surface area (TPSA) is 48.1 Å². The van der Waals surface area contributed by atoms with Crippen LogP contribution in [-0.2, 0) is 0 Å². The molecule has 0 aliphatic heterocycles. The summed E-state index contributed by atoms with van der Waals surface area (Å²) in [5.41, 5.74) is 7.45. The van der Waals surface area contributed by atoms with Crippen LogP contribution in [0.1, 0.15) is 25.8 Å². The van der Waals surface area contributed by atoms with E-state index in [1.165, 1.54) is 0 Å². The van der Waals surface area contributed by atoms with Crippen LogP contribution in [0.25, 0.3) is 0 Å². The molecule has 0 bridgehead atoms. The standard InChI is InChI=1S/C10H16N2O/c1-4-8(3)13-10-9(11)7(2)5-6-12-10/h5-6,8H,4,11H2,1-3H3. The highest BCUT2D eigenvalue weighted by Crippen LogP contribution is 2.22. The van der Waals surface area contributed by atoms with Crippen molar-refractivity contribution in [1.82, 2.24) is 4.98 Å². The molecule has 1 atom stereocenters. The number of nitrogens with two attached hydrogens (primary N) is 1. The summed E-state index contributed by atoms with van der Waals surface area (Å²) in [7, 11) is 0. The van der Waals surface area contributed by atoms with Crippen molar-refractivity contribution in [3.63, 3.8) is 0 Å². The summed E-state index contributed by atoms with van der Waals surface area (Å²) in [4.78, 5) is 4.08. The van der Waals surface area contributed by atoms with Crippen molar-refractivity contribution in [3.8, 4) is 5.88 Å². The number of nitrogens with zero attached hydrogens (tertiary/aromatic N) is 1. The van der Waals surface area contributed by atoms with Crippen molar-refractivity contribution in [2.75, 3.05) is 5.73 Å². The molecule has 0 amide bonds. The number of anilines is 1. The summed E-state index contributed by atoms with van der Waals surface area (Å²) >= 11 is 0. The Morgan fingerprint density at radius 1 is 1.62 bits per heavy atom. The second-order valence-electron chi connectivity index (χ2n) is 3.18. The number of hydrogen-bond donors (Lipinski definition) is 1. The van der Waals surface area contributed by atoms with Gasteiger partial charge in [-0.25, -0.2) is 4.98 Å². The summed E-state index contributed by atoms with van der Waals surface area (Å²) in [6.07, 6.45) is 2.83. The zero-order valence-electron chi connectivity index (χ0n) is 8.37. The number of aromatic nitrogens is 1. The smallest absolute Gasteiger partial charge is 0.237 e. The van der Waals surface area contributed by atoms with Gasteiger partial charge in [0.1, 0.15) is 0 Å². The number of ether oxygens (including phenoxy) is 1. The first kappa shape index (κ1) is 9.84. The number of rotatable bonds is 3. The molecule has 0 aliphatic rings. The molecule has 2 N–H and O–H groups in total. The minimum Gasteiger partial charge on any atom is -0.473 e. The first-order valence-electron chi connectivity index (χ1n) is 4.53. The molecule has 0 aromatic carbocycles. The van der Waals surface area contributed by atoms with E-state index in [0.717, 1.165) is 12.0 Å². The Bertz CT molecular complexity index is 286. The van der Waals surface area contributed by atoms with Crippen LogP contribution in [0.4, 0.5) is 5.69 Å². The van der Waals surface area contributed by atoms with Crippen molar-refractivity contribution < 1.29 is 4.74 Å². The molecule has 1 rings (SSSR count). The highest BCUT2D eigenvalue weighted by molar-refractivity contribution is 5.53. The Morgan fingerprint density at radius 2 is 2.31 bits per heavy atom. The molecule has 0 aliphatic carbocycles. The van der Waals surface area contributed by atoms with Gasteiger partial charge >= 0.3 is 0 Å². The molecule has 1 unspecified atom stereocenters. The van der Waals surface area contributed by atoms with Gasteiger partial charge in [0.05, 0.1) is 11.8 Å². The summed E-state index contributed by atoms with van der Waals surface area (Å²) in [6, 6.07) is 1.87. The predicted molar refractivity (Wildman–Crippen MR) is 53.8 cm³/mol. The quantitative estimate of drug-likeness (QED) is 0.775. The minimum atomic E-state index is 0.164. The zero-order valence-corrected chi connectivity index (χ0v) is 8.37. The van der Waals surface area contributed by atoms with Gasteiger partial charge in [-0.05, 0) is 31.9 Å². The summed E-state index contributed by atoms with van der Waals surface area (Å²) in [5.74, 6) is 0.550. The fourth-order valence-electron chi connectivity index (χ4n) is 0.913. The fraction of sp³-hybridized carbons (Fsp3) is 0.500. The zero-order chi connectivity index (χ0) is 9.84. The van der Waals surface area contributed by atoms with Crippen molar-refractivity contribution >= 4 is 5.69 Å². The van der Waals surface area contributed by atoms with E-state index < -0.39 is 0 Å². The normalized spacial score (nSPS) is 12.5. The fourth-order valence-corrected chi connectivity index (χ4v) is 0.913. The van der Waals surface area contributed by atoms with Crippen LogP contribution in [0.15, 0.2) is 12.3 Å². The minimum absolute atomic E-state index is 0.164. The number of nitrogen functional groups attached to an aromatic ring is 1. The van der Waals surface area contributed by atoms with Gasteiger partial charge in [-0.3, -0.25) is 0 Å². The maximum Gasteiger partial charge on any atom is 0.237 e. The highest BCUT2D eigenvalue weighted by Gasteiger charge is 2.07. The maximum atomic E-state index is 5.80. The highest BCUT2D eigenvalue weighted by atomic mass is 16.5. The summed E-state index contributed by atoms with van der Waals surface area (Å²) in [6.45, 7) is 6.01. The average molecular weight is 180 g/mol. The molecule has 1 aromatic rings. The van der Waals surface area contributed by atoms with Crippen molar-refractivity contribution in [2.24, 2.45) is 0 Å². The van der Waals surface area contributed by atoms with E-state index in [0.29, 0.717) is 11.6 Å². The molecule has 3 nitrogen and oxygen atoms in total. The van der Waals surface area contributed by atoms with Gasteiger partial charge < -0.3 is 10.5 Å².